The molecule has 3 heterocycles. The second kappa shape index (κ2) is 7.22. The third kappa shape index (κ3) is 3.24. The van der Waals surface area contributed by atoms with E-state index in [1.54, 1.807) is 18.2 Å². The Hall–Kier alpha value is -3.55. The lowest BCUT2D eigenvalue weighted by Crippen LogP contribution is -2.54. The molecule has 8 heteroatoms. The molecule has 1 N–H and O–H groups in total. The lowest BCUT2D eigenvalue weighted by atomic mass is 10.1. The summed E-state index contributed by atoms with van der Waals surface area (Å²) in [6.45, 7) is 1.61. The standard InChI is InChI=1S/C20H17FN4O3/c21-16-11-13(5-6-17(16)24-8-1-2-9-24)10-15-18(26)23-20(28)25(19(15)27)14-4-3-7-22-12-14/h3-7,10-12H,1-2,8-9H2,(H,23,26,28). The fourth-order valence-electron chi connectivity index (χ4n) is 3.37. The maximum atomic E-state index is 14.5. The Labute approximate surface area is 160 Å². The number of benzene rings is 1. The van der Waals surface area contributed by atoms with Gasteiger partial charge in [-0.25, -0.2) is 14.1 Å². The molecule has 0 saturated carbocycles. The van der Waals surface area contributed by atoms with Gasteiger partial charge in [-0.1, -0.05) is 6.07 Å². The van der Waals surface area contributed by atoms with Crippen molar-refractivity contribution in [1.82, 2.24) is 10.3 Å². The number of aromatic nitrogens is 1. The Morgan fingerprint density at radius 3 is 2.57 bits per heavy atom. The van der Waals surface area contributed by atoms with Gasteiger partial charge in [-0.3, -0.25) is 19.9 Å². The summed E-state index contributed by atoms with van der Waals surface area (Å²) in [6.07, 6.45) is 6.18. The first-order chi connectivity index (χ1) is 13.5. The first-order valence-electron chi connectivity index (χ1n) is 8.90. The average Bonchev–Trinajstić information content (AvgIpc) is 3.20. The van der Waals surface area contributed by atoms with Crippen molar-refractivity contribution in [2.24, 2.45) is 0 Å². The highest BCUT2D eigenvalue weighted by Crippen LogP contribution is 2.26. The van der Waals surface area contributed by atoms with E-state index in [1.807, 2.05) is 4.90 Å². The summed E-state index contributed by atoms with van der Waals surface area (Å²) in [4.78, 5) is 43.7. The monoisotopic (exact) mass is 380 g/mol. The number of anilines is 2. The molecule has 1 aromatic heterocycles. The molecule has 0 aliphatic carbocycles. The quantitative estimate of drug-likeness (QED) is 0.653. The zero-order valence-electron chi connectivity index (χ0n) is 14.9. The van der Waals surface area contributed by atoms with Gasteiger partial charge in [0.15, 0.2) is 0 Å². The fraction of sp³-hybridized carbons (Fsp3) is 0.200. The molecule has 0 atom stereocenters. The van der Waals surface area contributed by atoms with Crippen molar-refractivity contribution in [3.63, 3.8) is 0 Å². The number of urea groups is 1. The van der Waals surface area contributed by atoms with Gasteiger partial charge in [0.1, 0.15) is 11.4 Å². The maximum Gasteiger partial charge on any atom is 0.336 e. The smallest absolute Gasteiger partial charge is 0.336 e. The van der Waals surface area contributed by atoms with E-state index in [1.165, 1.54) is 30.6 Å². The molecule has 2 saturated heterocycles. The van der Waals surface area contributed by atoms with Gasteiger partial charge < -0.3 is 4.90 Å². The molecule has 0 radical (unpaired) electrons. The third-order valence-corrected chi connectivity index (χ3v) is 4.74. The molecule has 2 fully saturated rings. The van der Waals surface area contributed by atoms with Crippen LogP contribution in [0, 0.1) is 5.82 Å². The number of barbiturate groups is 1. The lowest BCUT2D eigenvalue weighted by Gasteiger charge is -2.26. The normalized spacial score (nSPS) is 18.8. The highest BCUT2D eigenvalue weighted by molar-refractivity contribution is 6.39. The number of pyridine rings is 1. The second-order valence-electron chi connectivity index (χ2n) is 6.57. The zero-order chi connectivity index (χ0) is 19.7. The third-order valence-electron chi connectivity index (χ3n) is 4.74. The van der Waals surface area contributed by atoms with Gasteiger partial charge in [0.2, 0.25) is 0 Å². The van der Waals surface area contributed by atoms with E-state index in [4.69, 9.17) is 0 Å². The molecule has 142 valence electrons. The van der Waals surface area contributed by atoms with Gasteiger partial charge in [0.05, 0.1) is 17.6 Å². The van der Waals surface area contributed by atoms with Crippen LogP contribution >= 0.6 is 0 Å². The van der Waals surface area contributed by atoms with Crippen molar-refractivity contribution in [3.05, 3.63) is 59.7 Å². The minimum atomic E-state index is -0.851. The van der Waals surface area contributed by atoms with E-state index < -0.39 is 23.7 Å². The summed E-state index contributed by atoms with van der Waals surface area (Å²) >= 11 is 0. The van der Waals surface area contributed by atoms with Gasteiger partial charge in [0, 0.05) is 19.3 Å². The molecule has 1 aromatic carbocycles. The Morgan fingerprint density at radius 2 is 1.89 bits per heavy atom. The van der Waals surface area contributed by atoms with Gasteiger partial charge in [-0.2, -0.15) is 0 Å². The Bertz CT molecular complexity index is 984. The summed E-state index contributed by atoms with van der Waals surface area (Å²) in [5.74, 6) is -2.02. The van der Waals surface area contributed by atoms with Crippen LogP contribution in [0.3, 0.4) is 0 Å². The Balaban J connectivity index is 1.66. The van der Waals surface area contributed by atoms with E-state index in [0.29, 0.717) is 11.3 Å². The van der Waals surface area contributed by atoms with Crippen LogP contribution < -0.4 is 15.1 Å². The van der Waals surface area contributed by atoms with E-state index in [-0.39, 0.29) is 11.3 Å². The summed E-state index contributed by atoms with van der Waals surface area (Å²) in [5, 5.41) is 2.13. The molecule has 0 spiro atoms. The molecule has 7 nitrogen and oxygen atoms in total. The summed E-state index contributed by atoms with van der Waals surface area (Å²) in [5.41, 5.74) is 0.849. The van der Waals surface area contributed by atoms with Crippen LogP contribution in [-0.2, 0) is 9.59 Å². The number of carbonyl (C=O) groups excluding carboxylic acids is 3. The SMILES string of the molecule is O=C1NC(=O)N(c2cccnc2)C(=O)C1=Cc1ccc(N2CCCC2)c(F)c1. The number of imide groups is 2. The fourth-order valence-corrected chi connectivity index (χ4v) is 3.37. The molecule has 2 aliphatic heterocycles. The van der Waals surface area contributed by atoms with Crippen LogP contribution in [0.25, 0.3) is 6.08 Å². The molecular weight excluding hydrogens is 363 g/mol. The van der Waals surface area contributed by atoms with E-state index in [9.17, 15) is 18.8 Å². The number of carbonyl (C=O) groups is 3. The molecule has 28 heavy (non-hydrogen) atoms. The predicted octanol–water partition coefficient (Wildman–Crippen LogP) is 2.49. The summed E-state index contributed by atoms with van der Waals surface area (Å²) in [7, 11) is 0. The molecule has 0 bridgehead atoms. The number of hydrogen-bond donors (Lipinski definition) is 1. The maximum absolute atomic E-state index is 14.5. The highest BCUT2D eigenvalue weighted by Gasteiger charge is 2.36. The molecule has 2 aliphatic rings. The topological polar surface area (TPSA) is 82.6 Å². The van der Waals surface area contributed by atoms with E-state index >= 15 is 0 Å². The Kier molecular flexibility index (Phi) is 4.60. The molecule has 0 unspecified atom stereocenters. The number of nitrogens with zero attached hydrogens (tertiary/aromatic N) is 3. The van der Waals surface area contributed by atoms with Crippen molar-refractivity contribution in [1.29, 1.82) is 0 Å². The lowest BCUT2D eigenvalue weighted by molar-refractivity contribution is -0.122. The highest BCUT2D eigenvalue weighted by atomic mass is 19.1. The van der Waals surface area contributed by atoms with Gasteiger partial charge >= 0.3 is 6.03 Å². The van der Waals surface area contributed by atoms with Crippen molar-refractivity contribution in [3.8, 4) is 0 Å². The van der Waals surface area contributed by atoms with Crippen LogP contribution in [0.15, 0.2) is 48.3 Å². The molecular formula is C20H17FN4O3. The zero-order valence-corrected chi connectivity index (χ0v) is 14.9. The van der Waals surface area contributed by atoms with Gasteiger partial charge in [-0.15, -0.1) is 0 Å². The first kappa shape index (κ1) is 17.8. The number of amides is 4. The molecule has 4 rings (SSSR count). The number of halogens is 1. The van der Waals surface area contributed by atoms with Crippen LogP contribution in [0.1, 0.15) is 18.4 Å². The minimum Gasteiger partial charge on any atom is -0.369 e. The Morgan fingerprint density at radius 1 is 1.11 bits per heavy atom. The van der Waals surface area contributed by atoms with Crippen LogP contribution in [0.2, 0.25) is 0 Å². The predicted molar refractivity (Wildman–Crippen MR) is 101 cm³/mol. The van der Waals surface area contributed by atoms with Crippen LogP contribution in [-0.4, -0.2) is 35.9 Å². The largest absolute Gasteiger partial charge is 0.369 e. The van der Waals surface area contributed by atoms with Crippen molar-refractivity contribution in [2.75, 3.05) is 22.9 Å². The van der Waals surface area contributed by atoms with Gasteiger partial charge in [0.25, 0.3) is 11.8 Å². The van der Waals surface area contributed by atoms with Crippen molar-refractivity contribution in [2.45, 2.75) is 12.8 Å². The molecule has 2 aromatic rings. The van der Waals surface area contributed by atoms with Crippen molar-refractivity contribution < 1.29 is 18.8 Å². The van der Waals surface area contributed by atoms with Crippen LogP contribution in [0.4, 0.5) is 20.6 Å². The van der Waals surface area contributed by atoms with E-state index in [0.717, 1.165) is 30.8 Å². The summed E-state index contributed by atoms with van der Waals surface area (Å²) in [6, 6.07) is 6.82. The number of rotatable bonds is 3. The van der Waals surface area contributed by atoms with Gasteiger partial charge in [-0.05, 0) is 48.7 Å². The number of nitrogens with one attached hydrogen (secondary N) is 1. The summed E-state index contributed by atoms with van der Waals surface area (Å²) < 4.78 is 14.5. The molecule has 4 amide bonds. The average molecular weight is 380 g/mol. The van der Waals surface area contributed by atoms with Crippen LogP contribution in [0.5, 0.6) is 0 Å². The minimum absolute atomic E-state index is 0.235. The second-order valence-corrected chi connectivity index (χ2v) is 6.57. The van der Waals surface area contributed by atoms with Crippen molar-refractivity contribution >= 4 is 35.3 Å². The number of hydrogen-bond acceptors (Lipinski definition) is 5. The van der Waals surface area contributed by atoms with E-state index in [2.05, 4.69) is 10.3 Å². The first-order valence-corrected chi connectivity index (χ1v) is 8.90.